The molecule has 77 heavy (non-hydrogen) atoms. The maximum atomic E-state index is 14.4. The predicted octanol–water partition coefficient (Wildman–Crippen LogP) is 10.8. The molecule has 3 aliphatic heterocycles. The first-order valence-corrected chi connectivity index (χ1v) is 27.0. The van der Waals surface area contributed by atoms with E-state index in [-0.39, 0.29) is 91.1 Å². The zero-order valence-electron chi connectivity index (χ0n) is 44.6. The van der Waals surface area contributed by atoms with Gasteiger partial charge in [0.1, 0.15) is 36.8 Å². The van der Waals surface area contributed by atoms with E-state index in [4.69, 9.17) is 37.6 Å². The molecule has 18 heteroatoms. The normalized spacial score (nSPS) is 18.4. The summed E-state index contributed by atoms with van der Waals surface area (Å²) < 4.78 is 66.4. The smallest absolute Gasteiger partial charge is 0.417 e. The number of terminal acetylenes is 1. The molecule has 1 N–H and O–H groups in total. The lowest BCUT2D eigenvalue weighted by molar-refractivity contribution is -0.143. The van der Waals surface area contributed by atoms with Crippen LogP contribution < -0.4 is 24.6 Å². The topological polar surface area (TPSA) is 126 Å². The number of halogens is 3. The van der Waals surface area contributed by atoms with E-state index >= 15 is 0 Å². The minimum atomic E-state index is -4.65. The molecule has 0 radical (unpaired) electrons. The quantitative estimate of drug-likeness (QED) is 0.0455. The highest BCUT2D eigenvalue weighted by molar-refractivity contribution is 7.81. The molecule has 8 rings (SSSR count). The Balaban J connectivity index is 0.822. The van der Waals surface area contributed by atoms with E-state index in [1.807, 2.05) is 109 Å². The van der Waals surface area contributed by atoms with Gasteiger partial charge in [-0.3, -0.25) is 19.3 Å². The average Bonchev–Trinajstić information content (AvgIpc) is 4.15. The van der Waals surface area contributed by atoms with Crippen LogP contribution in [0.2, 0.25) is 0 Å². The minimum absolute atomic E-state index is 0.0912. The summed E-state index contributed by atoms with van der Waals surface area (Å²) in [6.45, 7) is 21.6. The number of thiocarbonyl (C=S) groups is 1. The molecule has 4 aromatic carbocycles. The van der Waals surface area contributed by atoms with Crippen LogP contribution in [0.25, 0.3) is 10.4 Å². The number of amides is 3. The number of benzene rings is 4. The van der Waals surface area contributed by atoms with Crippen LogP contribution in [0.4, 0.5) is 24.5 Å². The number of aryl methyl sites for hydroxylation is 1. The van der Waals surface area contributed by atoms with Gasteiger partial charge in [-0.05, 0) is 131 Å². The highest BCUT2D eigenvalue weighted by Crippen LogP contribution is 2.44. The Morgan fingerprint density at radius 2 is 1.62 bits per heavy atom. The zero-order valence-corrected chi connectivity index (χ0v) is 46.2. The van der Waals surface area contributed by atoms with E-state index in [9.17, 15) is 27.6 Å². The number of thiazole rings is 1. The van der Waals surface area contributed by atoms with Gasteiger partial charge in [-0.15, -0.1) is 17.8 Å². The lowest BCUT2D eigenvalue weighted by atomic mass is 9.99. The maximum Gasteiger partial charge on any atom is 0.417 e. The van der Waals surface area contributed by atoms with Crippen molar-refractivity contribution < 1.29 is 46.5 Å². The molecule has 2 saturated heterocycles. The van der Waals surface area contributed by atoms with Crippen LogP contribution in [0.1, 0.15) is 93.2 Å². The van der Waals surface area contributed by atoms with Gasteiger partial charge in [0, 0.05) is 53.4 Å². The lowest BCUT2D eigenvalue weighted by Gasteiger charge is -2.35. The number of anilines is 2. The van der Waals surface area contributed by atoms with Crippen molar-refractivity contribution in [1.82, 2.24) is 20.1 Å². The molecule has 5 aromatic rings. The summed E-state index contributed by atoms with van der Waals surface area (Å²) >= 11 is 7.38. The number of ether oxygens (including phenoxy) is 4. The molecular formula is C59H65F3N6O7S2. The Kier molecular flexibility index (Phi) is 17.2. The van der Waals surface area contributed by atoms with Crippen LogP contribution in [0.15, 0.2) is 103 Å². The SMILES string of the molecule is C#Cc1ccc(N2C(=C)C(C)(C)N(c3ccc(OCCO[C@H](C)[C@@H](C)OCCOc4cc(-c5scnc5C)ccc4CNC(=O)[C@@H]4C[C@@H](C)CN4C(=O)C(C(C)C)N4Cc5ccccc5C4=O)cc3)C2=S)cc1C(F)(F)F. The van der Waals surface area contributed by atoms with E-state index in [1.54, 1.807) is 33.5 Å². The second kappa shape index (κ2) is 23.4. The Hall–Kier alpha value is -6.78. The molecular weight excluding hydrogens is 1030 g/mol. The summed E-state index contributed by atoms with van der Waals surface area (Å²) in [7, 11) is 0. The maximum absolute atomic E-state index is 14.4. The Morgan fingerprint density at radius 3 is 2.26 bits per heavy atom. The summed E-state index contributed by atoms with van der Waals surface area (Å²) in [5, 5.41) is 3.37. The van der Waals surface area contributed by atoms with Gasteiger partial charge in [-0.1, -0.05) is 63.6 Å². The number of fused-ring (bicyclic) bond motifs is 1. The van der Waals surface area contributed by atoms with Crippen molar-refractivity contribution in [2.45, 2.75) is 111 Å². The van der Waals surface area contributed by atoms with E-state index in [0.29, 0.717) is 48.0 Å². The van der Waals surface area contributed by atoms with Crippen molar-refractivity contribution in [3.8, 4) is 34.3 Å². The zero-order chi connectivity index (χ0) is 55.5. The van der Waals surface area contributed by atoms with E-state index in [0.717, 1.165) is 33.3 Å². The van der Waals surface area contributed by atoms with Gasteiger partial charge in [0.25, 0.3) is 5.91 Å². The van der Waals surface area contributed by atoms with Gasteiger partial charge in [0.2, 0.25) is 11.8 Å². The minimum Gasteiger partial charge on any atom is -0.491 e. The third-order valence-electron chi connectivity index (χ3n) is 14.5. The molecule has 2 fully saturated rings. The molecule has 13 nitrogen and oxygen atoms in total. The highest BCUT2D eigenvalue weighted by Gasteiger charge is 2.47. The number of likely N-dealkylation sites (tertiary alicyclic amines) is 1. The summed E-state index contributed by atoms with van der Waals surface area (Å²) in [6, 6.07) is 22.9. The fourth-order valence-corrected chi connectivity index (χ4v) is 11.5. The average molecular weight is 1090 g/mol. The van der Waals surface area contributed by atoms with Crippen molar-refractivity contribution in [1.29, 1.82) is 0 Å². The van der Waals surface area contributed by atoms with Crippen molar-refractivity contribution in [3.05, 3.63) is 136 Å². The van der Waals surface area contributed by atoms with Gasteiger partial charge in [0.05, 0.1) is 52.6 Å². The van der Waals surface area contributed by atoms with Gasteiger partial charge in [-0.2, -0.15) is 13.2 Å². The number of rotatable bonds is 20. The second-order valence-corrected chi connectivity index (χ2v) is 21.8. The number of hydrogen-bond donors (Lipinski definition) is 1. The van der Waals surface area contributed by atoms with E-state index in [2.05, 4.69) is 22.8 Å². The number of aromatic nitrogens is 1. The Bertz CT molecular complexity index is 3060. The molecule has 1 aromatic heterocycles. The van der Waals surface area contributed by atoms with Gasteiger partial charge >= 0.3 is 6.18 Å². The molecule has 5 atom stereocenters. The monoisotopic (exact) mass is 1090 g/mol. The Morgan fingerprint density at radius 1 is 0.948 bits per heavy atom. The lowest BCUT2D eigenvalue weighted by Crippen LogP contribution is -2.55. The molecule has 3 aliphatic rings. The summed E-state index contributed by atoms with van der Waals surface area (Å²) in [4.78, 5) is 54.2. The third kappa shape index (κ3) is 12.0. The molecule has 0 saturated carbocycles. The van der Waals surface area contributed by atoms with Gasteiger partial charge in [0.15, 0.2) is 5.11 Å². The van der Waals surface area contributed by atoms with Crippen LogP contribution in [0.5, 0.6) is 11.5 Å². The van der Waals surface area contributed by atoms with Crippen LogP contribution in [-0.4, -0.2) is 100 Å². The largest absolute Gasteiger partial charge is 0.491 e. The first-order chi connectivity index (χ1) is 36.6. The van der Waals surface area contributed by atoms with E-state index < -0.39 is 29.4 Å². The van der Waals surface area contributed by atoms with Crippen LogP contribution in [0, 0.1) is 31.1 Å². The first-order valence-electron chi connectivity index (χ1n) is 25.7. The van der Waals surface area contributed by atoms with Crippen LogP contribution >= 0.6 is 23.6 Å². The molecule has 0 aliphatic carbocycles. The van der Waals surface area contributed by atoms with Gasteiger partial charge in [-0.25, -0.2) is 4.98 Å². The van der Waals surface area contributed by atoms with Crippen molar-refractivity contribution in [3.63, 3.8) is 0 Å². The molecule has 1 unspecified atom stereocenters. The molecule has 4 heterocycles. The molecule has 3 amide bonds. The van der Waals surface area contributed by atoms with Crippen molar-refractivity contribution in [2.24, 2.45) is 11.8 Å². The standard InChI is InChI=1S/C59H65F3N6O7S2/c1-11-41-18-19-46(30-49(41)59(60,61)62)67-40(8)58(9,10)68(57(67)76)45-20-22-47(23-21-45)74-26-24-72-38(6)39(7)73-25-27-75-51-29-42(53-37(5)64-34-77-53)16-17-43(51)31-63-54(69)50-28-36(4)32-65(50)56(71)52(35(2)3)66-33-44-14-12-13-15-48(44)55(66)70/h1,12-23,29-30,34-36,38-39,50,52H,8,24-28,31-33H2,2-7,9-10H3,(H,63,69)/t36-,38-,39-,50+,52?/m1/s1. The first kappa shape index (κ1) is 56.4. The highest BCUT2D eigenvalue weighted by atomic mass is 32.1. The van der Waals surface area contributed by atoms with Crippen molar-refractivity contribution >= 4 is 57.8 Å². The molecule has 0 spiro atoms. The number of carbonyl (C=O) groups excluding carboxylic acids is 3. The summed E-state index contributed by atoms with van der Waals surface area (Å²) in [6.07, 6.45) is 0.641. The number of nitrogens with one attached hydrogen (secondary N) is 1. The number of hydrogen-bond acceptors (Lipinski definition) is 10. The Labute approximate surface area is 458 Å². The molecule has 0 bridgehead atoms. The van der Waals surface area contributed by atoms with Crippen LogP contribution in [-0.2, 0) is 38.3 Å². The predicted molar refractivity (Wildman–Crippen MR) is 297 cm³/mol. The fourth-order valence-electron chi connectivity index (χ4n) is 10.2. The summed E-state index contributed by atoms with van der Waals surface area (Å²) in [5.74, 6) is 2.55. The fraction of sp³-hybridized carbons (Fsp3) is 0.407. The second-order valence-electron chi connectivity index (χ2n) is 20.6. The number of alkyl halides is 3. The number of nitrogens with zero attached hydrogens (tertiary/aromatic N) is 5. The number of carbonyl (C=O) groups is 3. The van der Waals surface area contributed by atoms with Crippen LogP contribution in [0.3, 0.4) is 0 Å². The van der Waals surface area contributed by atoms with Gasteiger partial charge < -0.3 is 39.0 Å². The van der Waals surface area contributed by atoms with E-state index in [1.165, 1.54) is 28.4 Å². The third-order valence-corrected chi connectivity index (χ3v) is 15.9. The van der Waals surface area contributed by atoms with Crippen molar-refractivity contribution in [2.75, 3.05) is 42.8 Å². The molecule has 406 valence electrons. The summed E-state index contributed by atoms with van der Waals surface area (Å²) in [5.41, 5.74) is 5.33.